The number of aliphatic hydroxyl groups excluding tert-OH is 1. The van der Waals surface area contributed by atoms with Crippen LogP contribution in [0.1, 0.15) is 68.5 Å². The molecule has 266 valence electrons. The quantitative estimate of drug-likeness (QED) is 0.262. The molecule has 17 nitrogen and oxygen atoms in total. The van der Waals surface area contributed by atoms with Gasteiger partial charge >= 0.3 is 17.1 Å². The molecular formula is C32H42N6O11. The fourth-order valence-electron chi connectivity index (χ4n) is 5.96. The molecule has 0 aliphatic carbocycles. The Morgan fingerprint density at radius 3 is 1.63 bits per heavy atom. The third-order valence-corrected chi connectivity index (χ3v) is 8.91. The van der Waals surface area contributed by atoms with Crippen molar-refractivity contribution in [3.63, 3.8) is 0 Å². The number of aromatic nitrogens is 6. The van der Waals surface area contributed by atoms with Crippen molar-refractivity contribution in [2.24, 2.45) is 5.92 Å². The zero-order valence-electron chi connectivity index (χ0n) is 27.9. The van der Waals surface area contributed by atoms with Crippen LogP contribution in [0.15, 0.2) is 59.5 Å². The summed E-state index contributed by atoms with van der Waals surface area (Å²) in [6.45, 7) is 9.61. The van der Waals surface area contributed by atoms with Crippen LogP contribution in [0.3, 0.4) is 0 Å². The highest BCUT2D eigenvalue weighted by atomic mass is 16.6. The fourth-order valence-corrected chi connectivity index (χ4v) is 5.96. The summed E-state index contributed by atoms with van der Waals surface area (Å²) < 4.78 is 26.3. The lowest BCUT2D eigenvalue weighted by Crippen LogP contribution is -2.40. The SMILES string of the molecule is CCC1OC(n2cc(C)c(=O)[nH]c2=O)CC1C.Cc1cn(C2C=CC(CO)O2)c(=O)[nH]c1=O.Cc1cn(C2CC3OCC3O2)c(=O)[nH]c1=O. The lowest BCUT2D eigenvalue weighted by Gasteiger charge is -2.28. The molecule has 7 rings (SSSR count). The maximum absolute atomic E-state index is 11.7. The monoisotopic (exact) mass is 686 g/mol. The van der Waals surface area contributed by atoms with Crippen LogP contribution in [0.2, 0.25) is 0 Å². The molecule has 0 saturated carbocycles. The number of nitrogens with one attached hydrogen (secondary N) is 3. The average Bonchev–Trinajstić information content (AvgIpc) is 3.76. The van der Waals surface area contributed by atoms with E-state index in [2.05, 4.69) is 28.8 Å². The molecule has 4 aliphatic rings. The number of aromatic amines is 3. The first-order chi connectivity index (χ1) is 23.3. The van der Waals surface area contributed by atoms with Crippen molar-refractivity contribution in [1.29, 1.82) is 0 Å². The second-order valence-corrected chi connectivity index (χ2v) is 12.6. The van der Waals surface area contributed by atoms with Crippen LogP contribution < -0.4 is 33.7 Å². The van der Waals surface area contributed by atoms with Crippen molar-refractivity contribution in [3.8, 4) is 0 Å². The number of hydrogen-bond acceptors (Lipinski definition) is 11. The topological polar surface area (TPSA) is 222 Å². The molecule has 8 atom stereocenters. The molecule has 7 heterocycles. The first-order valence-corrected chi connectivity index (χ1v) is 16.1. The Morgan fingerprint density at radius 1 is 0.714 bits per heavy atom. The molecule has 17 heteroatoms. The Morgan fingerprint density at radius 2 is 1.22 bits per heavy atom. The molecule has 0 amide bonds. The van der Waals surface area contributed by atoms with E-state index in [1.807, 2.05) is 0 Å². The van der Waals surface area contributed by atoms with Gasteiger partial charge in [0.2, 0.25) is 0 Å². The van der Waals surface area contributed by atoms with E-state index < -0.39 is 35.0 Å². The van der Waals surface area contributed by atoms with E-state index >= 15 is 0 Å². The molecule has 0 bridgehead atoms. The number of rotatable bonds is 5. The molecule has 0 radical (unpaired) electrons. The number of fused-ring (bicyclic) bond motifs is 1. The van der Waals surface area contributed by atoms with Gasteiger partial charge in [0.25, 0.3) is 16.7 Å². The normalized spacial score (nSPS) is 28.2. The second kappa shape index (κ2) is 15.0. The average molecular weight is 687 g/mol. The second-order valence-electron chi connectivity index (χ2n) is 12.6. The predicted molar refractivity (Wildman–Crippen MR) is 175 cm³/mol. The summed E-state index contributed by atoms with van der Waals surface area (Å²) in [6.07, 6.45) is 9.17. The molecule has 4 N–H and O–H groups in total. The van der Waals surface area contributed by atoms with Crippen LogP contribution >= 0.6 is 0 Å². The molecule has 49 heavy (non-hydrogen) atoms. The van der Waals surface area contributed by atoms with E-state index in [0.717, 1.165) is 12.8 Å². The molecule has 8 unspecified atom stereocenters. The highest BCUT2D eigenvalue weighted by molar-refractivity contribution is 5.07. The van der Waals surface area contributed by atoms with Crippen LogP contribution in [-0.2, 0) is 18.9 Å². The molecule has 4 aliphatic heterocycles. The van der Waals surface area contributed by atoms with Gasteiger partial charge in [0, 0.05) is 41.7 Å². The lowest BCUT2D eigenvalue weighted by molar-refractivity contribution is -0.149. The molecule has 3 fully saturated rings. The number of nitrogens with zero attached hydrogens (tertiary/aromatic N) is 3. The van der Waals surface area contributed by atoms with E-state index in [9.17, 15) is 28.8 Å². The highest BCUT2D eigenvalue weighted by Crippen LogP contribution is 2.36. The van der Waals surface area contributed by atoms with Gasteiger partial charge in [-0.1, -0.05) is 19.9 Å². The zero-order chi connectivity index (χ0) is 35.6. The van der Waals surface area contributed by atoms with Crippen molar-refractivity contribution in [2.75, 3.05) is 13.2 Å². The predicted octanol–water partition coefficient (Wildman–Crippen LogP) is 0.000860. The van der Waals surface area contributed by atoms with Crippen LogP contribution in [0.5, 0.6) is 0 Å². The molecular weight excluding hydrogens is 644 g/mol. The summed E-state index contributed by atoms with van der Waals surface area (Å²) in [5.74, 6) is 0.434. The summed E-state index contributed by atoms with van der Waals surface area (Å²) >= 11 is 0. The molecule has 3 aromatic rings. The Hall–Kier alpha value is -4.42. The van der Waals surface area contributed by atoms with Gasteiger partial charge in [-0.3, -0.25) is 43.0 Å². The van der Waals surface area contributed by atoms with Gasteiger partial charge in [-0.05, 0) is 45.6 Å². The zero-order valence-corrected chi connectivity index (χ0v) is 27.9. The van der Waals surface area contributed by atoms with Gasteiger partial charge in [0.05, 0.1) is 25.4 Å². The fraction of sp³-hybridized carbons (Fsp3) is 0.562. The number of H-pyrrole nitrogens is 3. The highest BCUT2D eigenvalue weighted by Gasteiger charge is 2.44. The van der Waals surface area contributed by atoms with Crippen LogP contribution in [0, 0.1) is 26.7 Å². The Bertz CT molecular complexity index is 2030. The summed E-state index contributed by atoms with van der Waals surface area (Å²) in [6, 6.07) is 0. The first kappa shape index (κ1) is 35.9. The standard InChI is InChI=1S/C12H18N2O3.2C10H12N2O4/c1-4-9-7(2)5-10(17-9)14-6-8(3)11(15)13-12(14)16;1-5-3-12(10(14)11-9(5)13)8-2-6-7(16-8)4-15-6;1-6-4-12(10(15)11-9(6)14)8-3-2-7(5-13)16-8/h6-7,9-10H,4-5H2,1-3H3,(H,13,15,16);3,6-8H,2,4H2,1H3,(H,11,13,14);2-4,7-8,13H,5H2,1H3,(H,11,14,15). The Labute approximate surface area is 278 Å². The van der Waals surface area contributed by atoms with Crippen molar-refractivity contribution in [2.45, 2.75) is 97.0 Å². The van der Waals surface area contributed by atoms with Crippen LogP contribution in [0.4, 0.5) is 0 Å². The number of hydrogen-bond donors (Lipinski definition) is 4. The third kappa shape index (κ3) is 7.91. The van der Waals surface area contributed by atoms with Crippen molar-refractivity contribution >= 4 is 0 Å². The minimum Gasteiger partial charge on any atom is -0.393 e. The summed E-state index contributed by atoms with van der Waals surface area (Å²) in [5, 5.41) is 8.88. The van der Waals surface area contributed by atoms with Gasteiger partial charge in [-0.2, -0.15) is 0 Å². The van der Waals surface area contributed by atoms with Gasteiger partial charge in [0.15, 0.2) is 6.23 Å². The maximum Gasteiger partial charge on any atom is 0.330 e. The summed E-state index contributed by atoms with van der Waals surface area (Å²) in [4.78, 5) is 75.2. The van der Waals surface area contributed by atoms with E-state index in [4.69, 9.17) is 24.1 Å². The van der Waals surface area contributed by atoms with Gasteiger partial charge < -0.3 is 24.1 Å². The summed E-state index contributed by atoms with van der Waals surface area (Å²) in [5.41, 5.74) is -0.960. The molecule has 0 spiro atoms. The van der Waals surface area contributed by atoms with E-state index in [1.54, 1.807) is 39.1 Å². The number of aryl methyl sites for hydroxylation is 3. The summed E-state index contributed by atoms with van der Waals surface area (Å²) in [7, 11) is 0. The third-order valence-electron chi connectivity index (χ3n) is 8.91. The first-order valence-electron chi connectivity index (χ1n) is 16.1. The van der Waals surface area contributed by atoms with Crippen molar-refractivity contribution in [3.05, 3.63) is 110 Å². The van der Waals surface area contributed by atoms with Crippen molar-refractivity contribution < 1.29 is 24.1 Å². The Kier molecular flexibility index (Phi) is 11.0. The maximum atomic E-state index is 11.7. The molecule has 3 aromatic heterocycles. The molecule has 0 aromatic carbocycles. The number of ether oxygens (including phenoxy) is 4. The minimum absolute atomic E-state index is 0.101. The van der Waals surface area contributed by atoms with Gasteiger partial charge in [-0.15, -0.1) is 0 Å². The minimum atomic E-state index is -0.569. The van der Waals surface area contributed by atoms with E-state index in [-0.39, 0.29) is 48.5 Å². The van der Waals surface area contributed by atoms with Crippen LogP contribution in [0.25, 0.3) is 0 Å². The van der Waals surface area contributed by atoms with Crippen LogP contribution in [-0.4, -0.2) is 71.4 Å². The Balaban J connectivity index is 0.000000143. The van der Waals surface area contributed by atoms with E-state index in [0.29, 0.717) is 35.6 Å². The van der Waals surface area contributed by atoms with Gasteiger partial charge in [-0.25, -0.2) is 14.4 Å². The largest absolute Gasteiger partial charge is 0.393 e. The smallest absolute Gasteiger partial charge is 0.330 e. The molecule has 3 saturated heterocycles. The number of aliphatic hydroxyl groups is 1. The van der Waals surface area contributed by atoms with Crippen molar-refractivity contribution in [1.82, 2.24) is 28.7 Å². The lowest BCUT2D eigenvalue weighted by atomic mass is 10.0. The van der Waals surface area contributed by atoms with E-state index in [1.165, 1.54) is 26.1 Å². The van der Waals surface area contributed by atoms with Gasteiger partial charge in [0.1, 0.15) is 24.7 Å².